The highest BCUT2D eigenvalue weighted by molar-refractivity contribution is 7.86. The number of benzene rings is 1. The van der Waals surface area contributed by atoms with Gasteiger partial charge in [-0.25, -0.2) is 0 Å². The molecule has 1 aromatic rings. The van der Waals surface area contributed by atoms with E-state index in [1.165, 1.54) is 4.31 Å². The normalized spacial score (nSPS) is 19.3. The van der Waals surface area contributed by atoms with Gasteiger partial charge in [-0.3, -0.25) is 0 Å². The molecule has 1 heterocycles. The molecule has 0 spiro atoms. The predicted octanol–water partition coefficient (Wildman–Crippen LogP) is 1.50. The van der Waals surface area contributed by atoms with E-state index in [9.17, 15) is 8.42 Å². The molecule has 1 aliphatic rings. The van der Waals surface area contributed by atoms with E-state index in [-0.39, 0.29) is 12.4 Å². The van der Waals surface area contributed by atoms with Crippen LogP contribution in [0.2, 0.25) is 0 Å². The molecule has 1 fully saturated rings. The molecule has 0 aromatic heterocycles. The molecule has 0 saturated carbocycles. The second-order valence-electron chi connectivity index (χ2n) is 5.68. The second-order valence-corrected chi connectivity index (χ2v) is 7.61. The fraction of sp³-hybridized carbons (Fsp3) is 0.600. The Bertz CT molecular complexity index is 539. The molecule has 0 amide bonds. The standard InChI is InChI=1S/C15H25N3O2S.ClH/c1-14-7-10-18(13-14)21(19,20)17(12-9-16)11-8-15-5-3-2-4-6-15;/h2-6,14H,7-13,16H2,1H3;1H. The Kier molecular flexibility index (Phi) is 7.79. The van der Waals surface area contributed by atoms with Crippen molar-refractivity contribution in [3.63, 3.8) is 0 Å². The summed E-state index contributed by atoms with van der Waals surface area (Å²) < 4.78 is 28.5. The van der Waals surface area contributed by atoms with Crippen LogP contribution >= 0.6 is 12.4 Å². The van der Waals surface area contributed by atoms with Crippen LogP contribution in [0.25, 0.3) is 0 Å². The average Bonchev–Trinajstić information content (AvgIpc) is 2.92. The van der Waals surface area contributed by atoms with Gasteiger partial charge in [0.05, 0.1) is 0 Å². The van der Waals surface area contributed by atoms with Crippen molar-refractivity contribution in [2.45, 2.75) is 19.8 Å². The third kappa shape index (κ3) is 4.93. The fourth-order valence-corrected chi connectivity index (χ4v) is 4.42. The van der Waals surface area contributed by atoms with Crippen molar-refractivity contribution in [1.29, 1.82) is 0 Å². The van der Waals surface area contributed by atoms with Crippen LogP contribution in [0.4, 0.5) is 0 Å². The molecule has 1 unspecified atom stereocenters. The summed E-state index contributed by atoms with van der Waals surface area (Å²) in [6.07, 6.45) is 1.65. The molecule has 1 saturated heterocycles. The highest BCUT2D eigenvalue weighted by atomic mass is 35.5. The summed E-state index contributed by atoms with van der Waals surface area (Å²) in [5.74, 6) is 0.439. The third-order valence-corrected chi connectivity index (χ3v) is 5.91. The summed E-state index contributed by atoms with van der Waals surface area (Å²) in [4.78, 5) is 0. The zero-order valence-electron chi connectivity index (χ0n) is 13.0. The Labute approximate surface area is 140 Å². The minimum Gasteiger partial charge on any atom is -0.329 e. The third-order valence-electron chi connectivity index (χ3n) is 3.91. The molecule has 1 aromatic carbocycles. The van der Waals surface area contributed by atoms with Gasteiger partial charge in [0.25, 0.3) is 10.2 Å². The summed E-state index contributed by atoms with van der Waals surface area (Å²) in [6, 6.07) is 9.94. The molecule has 0 radical (unpaired) electrons. The van der Waals surface area contributed by atoms with Crippen LogP contribution in [0.3, 0.4) is 0 Å². The van der Waals surface area contributed by atoms with Crippen LogP contribution in [0.1, 0.15) is 18.9 Å². The molecule has 1 aliphatic heterocycles. The molecule has 2 N–H and O–H groups in total. The average molecular weight is 348 g/mol. The van der Waals surface area contributed by atoms with E-state index >= 15 is 0 Å². The lowest BCUT2D eigenvalue weighted by molar-refractivity contribution is 0.362. The van der Waals surface area contributed by atoms with Crippen LogP contribution < -0.4 is 5.73 Å². The molecule has 1 atom stereocenters. The summed E-state index contributed by atoms with van der Waals surface area (Å²) >= 11 is 0. The second kappa shape index (κ2) is 8.84. The molecular weight excluding hydrogens is 322 g/mol. The largest absolute Gasteiger partial charge is 0.329 e. The van der Waals surface area contributed by atoms with Gasteiger partial charge in [-0.05, 0) is 24.3 Å². The van der Waals surface area contributed by atoms with Crippen molar-refractivity contribution in [3.8, 4) is 0 Å². The Morgan fingerprint density at radius 2 is 1.95 bits per heavy atom. The SMILES string of the molecule is CC1CCN(S(=O)(=O)N(CCN)CCc2ccccc2)C1.Cl. The maximum atomic E-state index is 12.7. The van der Waals surface area contributed by atoms with Crippen molar-refractivity contribution >= 4 is 22.6 Å². The lowest BCUT2D eigenvalue weighted by Crippen LogP contribution is -2.45. The van der Waals surface area contributed by atoms with Crippen LogP contribution in [-0.2, 0) is 16.6 Å². The van der Waals surface area contributed by atoms with Crippen molar-refractivity contribution < 1.29 is 8.42 Å². The lowest BCUT2D eigenvalue weighted by Gasteiger charge is -2.27. The van der Waals surface area contributed by atoms with Gasteiger partial charge in [-0.15, -0.1) is 12.4 Å². The van der Waals surface area contributed by atoms with Gasteiger partial charge in [0.1, 0.15) is 0 Å². The molecule has 7 heteroatoms. The Morgan fingerprint density at radius 1 is 1.27 bits per heavy atom. The van der Waals surface area contributed by atoms with Gasteiger partial charge in [-0.2, -0.15) is 17.0 Å². The van der Waals surface area contributed by atoms with Crippen LogP contribution in [0.15, 0.2) is 30.3 Å². The van der Waals surface area contributed by atoms with Gasteiger partial charge in [0, 0.05) is 32.7 Å². The zero-order chi connectivity index (χ0) is 15.3. The molecule has 0 bridgehead atoms. The van der Waals surface area contributed by atoms with E-state index in [1.807, 2.05) is 30.3 Å². The Hall–Kier alpha value is -0.660. The van der Waals surface area contributed by atoms with E-state index in [1.54, 1.807) is 4.31 Å². The van der Waals surface area contributed by atoms with Crippen molar-refractivity contribution in [2.24, 2.45) is 11.7 Å². The zero-order valence-corrected chi connectivity index (χ0v) is 14.7. The van der Waals surface area contributed by atoms with E-state index in [0.717, 1.165) is 12.0 Å². The van der Waals surface area contributed by atoms with Gasteiger partial charge in [0.15, 0.2) is 0 Å². The first-order valence-corrected chi connectivity index (χ1v) is 8.93. The first kappa shape index (κ1) is 19.4. The fourth-order valence-electron chi connectivity index (χ4n) is 2.65. The predicted molar refractivity (Wildman–Crippen MR) is 92.3 cm³/mol. The van der Waals surface area contributed by atoms with E-state index in [2.05, 4.69) is 6.92 Å². The molecule has 0 aliphatic carbocycles. The number of halogens is 1. The van der Waals surface area contributed by atoms with E-state index in [4.69, 9.17) is 5.73 Å². The number of nitrogens with zero attached hydrogens (tertiary/aromatic N) is 2. The number of hydrogen-bond acceptors (Lipinski definition) is 3. The Morgan fingerprint density at radius 3 is 2.50 bits per heavy atom. The topological polar surface area (TPSA) is 66.6 Å². The first-order chi connectivity index (χ1) is 10.0. The smallest absolute Gasteiger partial charge is 0.282 e. The summed E-state index contributed by atoms with van der Waals surface area (Å²) in [5.41, 5.74) is 6.74. The summed E-state index contributed by atoms with van der Waals surface area (Å²) in [5, 5.41) is 0. The maximum Gasteiger partial charge on any atom is 0.282 e. The minimum atomic E-state index is -3.38. The minimum absolute atomic E-state index is 0. The highest BCUT2D eigenvalue weighted by Gasteiger charge is 2.33. The summed E-state index contributed by atoms with van der Waals surface area (Å²) in [7, 11) is -3.38. The first-order valence-electron chi connectivity index (χ1n) is 7.53. The molecule has 5 nitrogen and oxygen atoms in total. The van der Waals surface area contributed by atoms with Crippen LogP contribution in [0, 0.1) is 5.92 Å². The van der Waals surface area contributed by atoms with E-state index in [0.29, 0.717) is 45.1 Å². The van der Waals surface area contributed by atoms with Gasteiger partial charge in [0.2, 0.25) is 0 Å². The molecule has 2 rings (SSSR count). The van der Waals surface area contributed by atoms with Crippen molar-refractivity contribution in [3.05, 3.63) is 35.9 Å². The number of nitrogens with two attached hydrogens (primary N) is 1. The number of hydrogen-bond donors (Lipinski definition) is 1. The summed E-state index contributed by atoms with van der Waals surface area (Å²) in [6.45, 7) is 4.53. The van der Waals surface area contributed by atoms with Crippen LogP contribution in [0.5, 0.6) is 0 Å². The molecule has 22 heavy (non-hydrogen) atoms. The quantitative estimate of drug-likeness (QED) is 0.812. The highest BCUT2D eigenvalue weighted by Crippen LogP contribution is 2.21. The number of rotatable bonds is 7. The van der Waals surface area contributed by atoms with Crippen molar-refractivity contribution in [1.82, 2.24) is 8.61 Å². The monoisotopic (exact) mass is 347 g/mol. The van der Waals surface area contributed by atoms with Gasteiger partial charge < -0.3 is 5.73 Å². The molecular formula is C15H26ClN3O2S. The lowest BCUT2D eigenvalue weighted by atomic mass is 10.1. The Balaban J connectivity index is 0.00000242. The molecule has 126 valence electrons. The van der Waals surface area contributed by atoms with E-state index < -0.39 is 10.2 Å². The van der Waals surface area contributed by atoms with Gasteiger partial charge in [-0.1, -0.05) is 37.3 Å². The van der Waals surface area contributed by atoms with Crippen LogP contribution in [-0.4, -0.2) is 49.8 Å². The van der Waals surface area contributed by atoms with Gasteiger partial charge >= 0.3 is 0 Å². The van der Waals surface area contributed by atoms with Crippen molar-refractivity contribution in [2.75, 3.05) is 32.7 Å². The maximum absolute atomic E-state index is 12.7.